The summed E-state index contributed by atoms with van der Waals surface area (Å²) in [5.41, 5.74) is 0.599. The van der Waals surface area contributed by atoms with Crippen LogP contribution in [0.1, 0.15) is 0 Å². The molecule has 1 saturated heterocycles. The number of hydrogen-bond acceptors (Lipinski definition) is 5. The predicted molar refractivity (Wildman–Crippen MR) is 93.1 cm³/mol. The quantitative estimate of drug-likeness (QED) is 0.783. The number of carbonyl (C=O) groups is 1. The number of para-hydroxylation sites is 3. The maximum Gasteiger partial charge on any atom is 0.256 e. The number of anilines is 1. The van der Waals surface area contributed by atoms with Crippen LogP contribution in [0.5, 0.6) is 11.5 Å². The molecule has 0 aromatic heterocycles. The molecule has 0 aliphatic carbocycles. The van der Waals surface area contributed by atoms with Crippen molar-refractivity contribution in [3.05, 3.63) is 54.6 Å². The molecule has 0 saturated carbocycles. The van der Waals surface area contributed by atoms with Gasteiger partial charge in [0.15, 0.2) is 6.10 Å². The van der Waals surface area contributed by atoms with E-state index in [9.17, 15) is 4.79 Å². The molecule has 1 amide bonds. The average Bonchev–Trinajstić information content (AvgIpc) is 2.68. The highest BCUT2D eigenvalue weighted by Gasteiger charge is 2.23. The predicted octanol–water partition coefficient (Wildman–Crippen LogP) is 2.50. The lowest BCUT2D eigenvalue weighted by atomic mass is 10.2. The number of amides is 1. The second-order valence-electron chi connectivity index (χ2n) is 5.43. The van der Waals surface area contributed by atoms with E-state index in [-0.39, 0.29) is 12.5 Å². The summed E-state index contributed by atoms with van der Waals surface area (Å²) in [4.78, 5) is 12.2. The zero-order valence-electron chi connectivity index (χ0n) is 13.9. The van der Waals surface area contributed by atoms with E-state index in [4.69, 9.17) is 18.9 Å². The second kappa shape index (κ2) is 9.05. The molecule has 1 aliphatic heterocycles. The molecule has 132 valence electrons. The van der Waals surface area contributed by atoms with E-state index in [1.165, 1.54) is 0 Å². The van der Waals surface area contributed by atoms with E-state index < -0.39 is 6.10 Å². The van der Waals surface area contributed by atoms with E-state index in [2.05, 4.69) is 5.32 Å². The molecule has 1 atom stereocenters. The molecule has 3 rings (SSSR count). The summed E-state index contributed by atoms with van der Waals surface area (Å²) in [5, 5.41) is 2.83. The van der Waals surface area contributed by atoms with Gasteiger partial charge >= 0.3 is 0 Å². The van der Waals surface area contributed by atoms with Gasteiger partial charge in [-0.15, -0.1) is 0 Å². The monoisotopic (exact) mass is 343 g/mol. The first kappa shape index (κ1) is 17.3. The summed E-state index contributed by atoms with van der Waals surface area (Å²) in [7, 11) is 0. The zero-order chi connectivity index (χ0) is 17.3. The largest absolute Gasteiger partial charge is 0.490 e. The highest BCUT2D eigenvalue weighted by molar-refractivity contribution is 5.95. The fourth-order valence-electron chi connectivity index (χ4n) is 2.38. The summed E-state index contributed by atoms with van der Waals surface area (Å²) in [5.74, 6) is 1.14. The van der Waals surface area contributed by atoms with E-state index in [0.717, 1.165) is 5.75 Å². The first-order valence-electron chi connectivity index (χ1n) is 8.23. The third-order valence-electron chi connectivity index (χ3n) is 3.61. The van der Waals surface area contributed by atoms with Gasteiger partial charge in [-0.25, -0.2) is 0 Å². The maximum absolute atomic E-state index is 12.2. The minimum absolute atomic E-state index is 0.240. The van der Waals surface area contributed by atoms with Crippen molar-refractivity contribution in [1.82, 2.24) is 0 Å². The third-order valence-corrected chi connectivity index (χ3v) is 3.61. The van der Waals surface area contributed by atoms with Gasteiger partial charge in [0.2, 0.25) is 0 Å². The Labute approximate surface area is 146 Å². The molecular formula is C19H21NO5. The van der Waals surface area contributed by atoms with Crippen LogP contribution in [0.2, 0.25) is 0 Å². The van der Waals surface area contributed by atoms with Crippen LogP contribution in [-0.4, -0.2) is 45.0 Å². The van der Waals surface area contributed by atoms with E-state index in [1.54, 1.807) is 12.1 Å². The lowest BCUT2D eigenvalue weighted by molar-refractivity contribution is -0.142. The number of carbonyl (C=O) groups excluding carboxylic acids is 1. The van der Waals surface area contributed by atoms with Gasteiger partial charge in [-0.2, -0.15) is 0 Å². The SMILES string of the molecule is O=C(Nc1ccccc1OCCOc1ccccc1)[C@@H]1COCCO1. The molecule has 6 nitrogen and oxygen atoms in total. The normalized spacial score (nSPS) is 16.9. The molecule has 0 spiro atoms. The van der Waals surface area contributed by atoms with Crippen molar-refractivity contribution >= 4 is 11.6 Å². The van der Waals surface area contributed by atoms with Gasteiger partial charge in [0.1, 0.15) is 24.7 Å². The Morgan fingerprint density at radius 1 is 1.00 bits per heavy atom. The lowest BCUT2D eigenvalue weighted by Gasteiger charge is -2.22. The molecule has 25 heavy (non-hydrogen) atoms. The molecule has 2 aromatic rings. The fourth-order valence-corrected chi connectivity index (χ4v) is 2.38. The van der Waals surface area contributed by atoms with Crippen LogP contribution in [0.4, 0.5) is 5.69 Å². The van der Waals surface area contributed by atoms with Crippen LogP contribution in [0, 0.1) is 0 Å². The molecule has 0 radical (unpaired) electrons. The molecule has 6 heteroatoms. The standard InChI is InChI=1S/C19H21NO5/c21-19(18-14-22-10-11-25-18)20-16-8-4-5-9-17(16)24-13-12-23-15-6-2-1-3-7-15/h1-9,18H,10-14H2,(H,20,21)/t18-/m0/s1. The lowest BCUT2D eigenvalue weighted by Crippen LogP contribution is -2.39. The Balaban J connectivity index is 1.50. The highest BCUT2D eigenvalue weighted by Crippen LogP contribution is 2.24. The number of hydrogen-bond donors (Lipinski definition) is 1. The second-order valence-corrected chi connectivity index (χ2v) is 5.43. The van der Waals surface area contributed by atoms with Gasteiger partial charge < -0.3 is 24.3 Å². The van der Waals surface area contributed by atoms with Crippen molar-refractivity contribution in [2.75, 3.05) is 38.4 Å². The number of ether oxygens (including phenoxy) is 4. The van der Waals surface area contributed by atoms with Gasteiger partial charge in [0, 0.05) is 0 Å². The van der Waals surface area contributed by atoms with Crippen LogP contribution in [-0.2, 0) is 14.3 Å². The number of nitrogens with one attached hydrogen (secondary N) is 1. The van der Waals surface area contributed by atoms with Gasteiger partial charge in [-0.3, -0.25) is 4.79 Å². The van der Waals surface area contributed by atoms with Crippen molar-refractivity contribution in [3.8, 4) is 11.5 Å². The van der Waals surface area contributed by atoms with Crippen molar-refractivity contribution in [1.29, 1.82) is 0 Å². The first-order chi connectivity index (χ1) is 12.3. The summed E-state index contributed by atoms with van der Waals surface area (Å²) < 4.78 is 22.0. The van der Waals surface area contributed by atoms with Crippen molar-refractivity contribution in [2.24, 2.45) is 0 Å². The molecule has 1 fully saturated rings. The first-order valence-corrected chi connectivity index (χ1v) is 8.23. The molecule has 0 bridgehead atoms. The Bertz CT molecular complexity index is 671. The summed E-state index contributed by atoms with van der Waals surface area (Å²) >= 11 is 0. The smallest absolute Gasteiger partial charge is 0.256 e. The van der Waals surface area contributed by atoms with Crippen molar-refractivity contribution < 1.29 is 23.7 Å². The van der Waals surface area contributed by atoms with E-state index in [1.807, 2.05) is 42.5 Å². The maximum atomic E-state index is 12.2. The molecule has 0 unspecified atom stereocenters. The fraction of sp³-hybridized carbons (Fsp3) is 0.316. The minimum atomic E-state index is -0.594. The molecule has 1 heterocycles. The highest BCUT2D eigenvalue weighted by atomic mass is 16.6. The Kier molecular flexibility index (Phi) is 6.25. The van der Waals surface area contributed by atoms with Gasteiger partial charge in [-0.05, 0) is 24.3 Å². The van der Waals surface area contributed by atoms with Gasteiger partial charge in [-0.1, -0.05) is 30.3 Å². The number of rotatable bonds is 7. The van der Waals surface area contributed by atoms with Crippen molar-refractivity contribution in [2.45, 2.75) is 6.10 Å². The Hall–Kier alpha value is -2.57. The summed E-state index contributed by atoms with van der Waals surface area (Å²) in [6, 6.07) is 16.8. The zero-order valence-corrected chi connectivity index (χ0v) is 13.9. The van der Waals surface area contributed by atoms with Crippen LogP contribution < -0.4 is 14.8 Å². The Morgan fingerprint density at radius 3 is 2.56 bits per heavy atom. The van der Waals surface area contributed by atoms with Gasteiger partial charge in [0.05, 0.1) is 25.5 Å². The van der Waals surface area contributed by atoms with Crippen LogP contribution in [0.15, 0.2) is 54.6 Å². The van der Waals surface area contributed by atoms with Gasteiger partial charge in [0.25, 0.3) is 5.91 Å². The molecular weight excluding hydrogens is 322 g/mol. The number of benzene rings is 2. The Morgan fingerprint density at radius 2 is 1.76 bits per heavy atom. The van der Waals surface area contributed by atoms with Crippen LogP contribution >= 0.6 is 0 Å². The third kappa shape index (κ3) is 5.20. The molecule has 1 N–H and O–H groups in total. The molecule has 1 aliphatic rings. The van der Waals surface area contributed by atoms with Crippen molar-refractivity contribution in [3.63, 3.8) is 0 Å². The molecule has 2 aromatic carbocycles. The minimum Gasteiger partial charge on any atom is -0.490 e. The van der Waals surface area contributed by atoms with E-state index in [0.29, 0.717) is 37.9 Å². The van der Waals surface area contributed by atoms with Crippen LogP contribution in [0.25, 0.3) is 0 Å². The average molecular weight is 343 g/mol. The topological polar surface area (TPSA) is 66.0 Å². The van der Waals surface area contributed by atoms with E-state index >= 15 is 0 Å². The van der Waals surface area contributed by atoms with Crippen LogP contribution in [0.3, 0.4) is 0 Å². The summed E-state index contributed by atoms with van der Waals surface area (Å²) in [6.45, 7) is 1.98. The summed E-state index contributed by atoms with van der Waals surface area (Å²) in [6.07, 6.45) is -0.594.